The lowest BCUT2D eigenvalue weighted by Gasteiger charge is -2.22. The lowest BCUT2D eigenvalue weighted by molar-refractivity contribution is 0.432. The molecule has 0 atom stereocenters. The number of aromatic nitrogens is 2. The first-order valence-electron chi connectivity index (χ1n) is 7.67. The molecule has 3 rings (SSSR count). The number of piperidine rings is 1. The summed E-state index contributed by atoms with van der Waals surface area (Å²) in [6.07, 6.45) is 5.60. The number of hydrogen-bond donors (Lipinski definition) is 1. The summed E-state index contributed by atoms with van der Waals surface area (Å²) in [6.45, 7) is 5.46. The molecule has 0 amide bonds. The third-order valence-corrected chi connectivity index (χ3v) is 4.13. The van der Waals surface area contributed by atoms with E-state index in [-0.39, 0.29) is 0 Å². The molecule has 2 aromatic rings. The summed E-state index contributed by atoms with van der Waals surface area (Å²) in [5.41, 5.74) is 2.54. The van der Waals surface area contributed by atoms with Crippen LogP contribution in [0.1, 0.15) is 42.8 Å². The minimum atomic E-state index is 0.626. The fraction of sp³-hybridized carbons (Fsp3) is 0.471. The number of hydrogen-bond acceptors (Lipinski definition) is 2. The highest BCUT2D eigenvalue weighted by Crippen LogP contribution is 2.25. The van der Waals surface area contributed by atoms with Gasteiger partial charge in [0.25, 0.3) is 0 Å². The molecule has 0 radical (unpaired) electrons. The van der Waals surface area contributed by atoms with Crippen molar-refractivity contribution >= 4 is 0 Å². The van der Waals surface area contributed by atoms with Crippen molar-refractivity contribution in [3.8, 4) is 0 Å². The lowest BCUT2D eigenvalue weighted by Crippen LogP contribution is -2.28. The molecular weight excluding hydrogens is 246 g/mol. The largest absolute Gasteiger partial charge is 0.335 e. The summed E-state index contributed by atoms with van der Waals surface area (Å²) in [5.74, 6) is 1.92. The Morgan fingerprint density at radius 2 is 1.95 bits per heavy atom. The second kappa shape index (κ2) is 6.23. The molecule has 1 N–H and O–H groups in total. The van der Waals surface area contributed by atoms with Crippen molar-refractivity contribution in [3.63, 3.8) is 0 Å². The quantitative estimate of drug-likeness (QED) is 0.925. The van der Waals surface area contributed by atoms with Gasteiger partial charge in [-0.3, -0.25) is 0 Å². The number of imidazole rings is 1. The highest BCUT2D eigenvalue weighted by Gasteiger charge is 2.20. The van der Waals surface area contributed by atoms with E-state index in [1.165, 1.54) is 29.9 Å². The van der Waals surface area contributed by atoms with Crippen LogP contribution < -0.4 is 5.32 Å². The molecule has 0 spiro atoms. The van der Waals surface area contributed by atoms with Gasteiger partial charge in [0.2, 0.25) is 0 Å². The Morgan fingerprint density at radius 1 is 1.20 bits per heavy atom. The highest BCUT2D eigenvalue weighted by molar-refractivity contribution is 5.22. The second-order valence-corrected chi connectivity index (χ2v) is 5.56. The molecule has 106 valence electrons. The fourth-order valence-electron chi connectivity index (χ4n) is 3.04. The first-order valence-corrected chi connectivity index (χ1v) is 7.67. The Bertz CT molecular complexity index is 539. The molecule has 1 aliphatic heterocycles. The Morgan fingerprint density at radius 3 is 2.65 bits per heavy atom. The van der Waals surface area contributed by atoms with Gasteiger partial charge in [0.1, 0.15) is 5.82 Å². The highest BCUT2D eigenvalue weighted by atomic mass is 15.1. The zero-order valence-corrected chi connectivity index (χ0v) is 12.2. The Hall–Kier alpha value is -1.61. The van der Waals surface area contributed by atoms with Crippen LogP contribution in [0, 0.1) is 0 Å². The van der Waals surface area contributed by atoms with Crippen LogP contribution in [0.2, 0.25) is 0 Å². The molecule has 0 saturated carbocycles. The summed E-state index contributed by atoms with van der Waals surface area (Å²) in [5, 5.41) is 3.43. The van der Waals surface area contributed by atoms with Gasteiger partial charge in [-0.25, -0.2) is 4.98 Å². The molecule has 1 aromatic heterocycles. The van der Waals surface area contributed by atoms with Crippen LogP contribution in [0.4, 0.5) is 0 Å². The standard InChI is InChI=1S/C17H23N3/c1-2-20-13-16(12-14-6-4-3-5-7-14)19-17(20)15-8-10-18-11-9-15/h3-7,13,15,18H,2,8-12H2,1H3. The normalized spacial score (nSPS) is 16.4. The van der Waals surface area contributed by atoms with Gasteiger partial charge in [-0.15, -0.1) is 0 Å². The maximum Gasteiger partial charge on any atom is 0.112 e. The van der Waals surface area contributed by atoms with Crippen molar-refractivity contribution in [1.82, 2.24) is 14.9 Å². The minimum absolute atomic E-state index is 0.626. The smallest absolute Gasteiger partial charge is 0.112 e. The summed E-state index contributed by atoms with van der Waals surface area (Å²) >= 11 is 0. The van der Waals surface area contributed by atoms with Crippen LogP contribution in [0.5, 0.6) is 0 Å². The monoisotopic (exact) mass is 269 g/mol. The molecule has 1 saturated heterocycles. The third kappa shape index (κ3) is 2.93. The average Bonchev–Trinajstić information content (AvgIpc) is 2.92. The summed E-state index contributed by atoms with van der Waals surface area (Å²) in [6, 6.07) is 10.6. The zero-order chi connectivity index (χ0) is 13.8. The molecule has 1 aliphatic rings. The summed E-state index contributed by atoms with van der Waals surface area (Å²) in [7, 11) is 0. The maximum atomic E-state index is 4.94. The molecule has 1 aromatic carbocycles. The summed E-state index contributed by atoms with van der Waals surface area (Å²) < 4.78 is 2.34. The van der Waals surface area contributed by atoms with Gasteiger partial charge >= 0.3 is 0 Å². The zero-order valence-electron chi connectivity index (χ0n) is 12.2. The Labute approximate surface area is 121 Å². The first-order chi connectivity index (χ1) is 9.86. The van der Waals surface area contributed by atoms with E-state index >= 15 is 0 Å². The van der Waals surface area contributed by atoms with Crippen molar-refractivity contribution in [2.75, 3.05) is 13.1 Å². The number of aryl methyl sites for hydroxylation is 1. The second-order valence-electron chi connectivity index (χ2n) is 5.56. The molecule has 0 bridgehead atoms. The SMILES string of the molecule is CCn1cc(Cc2ccccc2)nc1C1CCNCC1. The topological polar surface area (TPSA) is 29.9 Å². The van der Waals surface area contributed by atoms with Gasteiger partial charge in [0, 0.05) is 25.1 Å². The van der Waals surface area contributed by atoms with E-state index in [1.54, 1.807) is 0 Å². The van der Waals surface area contributed by atoms with Gasteiger partial charge in [-0.05, 0) is 38.4 Å². The van der Waals surface area contributed by atoms with Gasteiger partial charge < -0.3 is 9.88 Å². The predicted octanol–water partition coefficient (Wildman–Crippen LogP) is 2.96. The van der Waals surface area contributed by atoms with Crippen LogP contribution in [-0.4, -0.2) is 22.6 Å². The van der Waals surface area contributed by atoms with Crippen molar-refractivity contribution < 1.29 is 0 Å². The van der Waals surface area contributed by atoms with Crippen LogP contribution in [0.3, 0.4) is 0 Å². The van der Waals surface area contributed by atoms with E-state index in [0.29, 0.717) is 5.92 Å². The van der Waals surface area contributed by atoms with Gasteiger partial charge in [0.05, 0.1) is 5.69 Å². The van der Waals surface area contributed by atoms with Crippen LogP contribution in [-0.2, 0) is 13.0 Å². The molecule has 0 unspecified atom stereocenters. The Kier molecular flexibility index (Phi) is 4.16. The number of nitrogens with zero attached hydrogens (tertiary/aromatic N) is 2. The van der Waals surface area contributed by atoms with E-state index in [4.69, 9.17) is 4.98 Å². The van der Waals surface area contributed by atoms with E-state index in [1.807, 2.05) is 0 Å². The van der Waals surface area contributed by atoms with Crippen LogP contribution >= 0.6 is 0 Å². The van der Waals surface area contributed by atoms with Crippen molar-refractivity contribution in [3.05, 3.63) is 53.6 Å². The van der Waals surface area contributed by atoms with Gasteiger partial charge in [-0.1, -0.05) is 30.3 Å². The van der Waals surface area contributed by atoms with Crippen molar-refractivity contribution in [2.45, 2.75) is 38.6 Å². The molecule has 0 aliphatic carbocycles. The molecular formula is C17H23N3. The van der Waals surface area contributed by atoms with Crippen LogP contribution in [0.25, 0.3) is 0 Å². The fourth-order valence-corrected chi connectivity index (χ4v) is 3.04. The van der Waals surface area contributed by atoms with Crippen molar-refractivity contribution in [1.29, 1.82) is 0 Å². The maximum absolute atomic E-state index is 4.94. The number of nitrogens with one attached hydrogen (secondary N) is 1. The Balaban J connectivity index is 1.81. The molecule has 3 heteroatoms. The van der Waals surface area contributed by atoms with E-state index in [9.17, 15) is 0 Å². The van der Waals surface area contributed by atoms with Gasteiger partial charge in [0.15, 0.2) is 0 Å². The molecule has 3 nitrogen and oxygen atoms in total. The first kappa shape index (κ1) is 13.4. The number of benzene rings is 1. The van der Waals surface area contributed by atoms with Gasteiger partial charge in [-0.2, -0.15) is 0 Å². The third-order valence-electron chi connectivity index (χ3n) is 4.13. The van der Waals surface area contributed by atoms with E-state index in [2.05, 4.69) is 53.3 Å². The minimum Gasteiger partial charge on any atom is -0.335 e. The van der Waals surface area contributed by atoms with E-state index in [0.717, 1.165) is 26.1 Å². The molecule has 20 heavy (non-hydrogen) atoms. The van der Waals surface area contributed by atoms with Crippen molar-refractivity contribution in [2.24, 2.45) is 0 Å². The predicted molar refractivity (Wildman–Crippen MR) is 82.0 cm³/mol. The molecule has 1 fully saturated rings. The lowest BCUT2D eigenvalue weighted by atomic mass is 9.97. The van der Waals surface area contributed by atoms with E-state index < -0.39 is 0 Å². The number of rotatable bonds is 4. The van der Waals surface area contributed by atoms with Crippen LogP contribution in [0.15, 0.2) is 36.5 Å². The molecule has 2 heterocycles. The average molecular weight is 269 g/mol. The summed E-state index contributed by atoms with van der Waals surface area (Å²) in [4.78, 5) is 4.94.